The zero-order valence-corrected chi connectivity index (χ0v) is 12.3. The number of rotatable bonds is 3. The smallest absolute Gasteiger partial charge is 0.0140 e. The van der Waals surface area contributed by atoms with Gasteiger partial charge in [-0.05, 0) is 30.4 Å². The second kappa shape index (κ2) is 3.60. The molecule has 1 aliphatic rings. The van der Waals surface area contributed by atoms with Gasteiger partial charge in [0.25, 0.3) is 0 Å². The van der Waals surface area contributed by atoms with Gasteiger partial charge < -0.3 is 0 Å². The Bertz CT molecular complexity index is 398. The molecule has 0 bridgehead atoms. The van der Waals surface area contributed by atoms with Gasteiger partial charge in [0.15, 0.2) is 0 Å². The molecule has 0 aliphatic heterocycles. The molecule has 90 valence electrons. The van der Waals surface area contributed by atoms with E-state index in [4.69, 9.17) is 0 Å². The summed E-state index contributed by atoms with van der Waals surface area (Å²) in [6.45, 7) is 14.2. The van der Waals surface area contributed by atoms with E-state index in [9.17, 15) is 0 Å². The number of fused-ring (bicyclic) bond motifs is 1. The van der Waals surface area contributed by atoms with E-state index in [2.05, 4.69) is 58.9 Å². The van der Waals surface area contributed by atoms with E-state index < -0.39 is 0 Å². The van der Waals surface area contributed by atoms with Crippen molar-refractivity contribution >= 4 is 11.3 Å². The third-order valence-corrected chi connectivity index (χ3v) is 6.45. The quantitative estimate of drug-likeness (QED) is 0.700. The van der Waals surface area contributed by atoms with Crippen molar-refractivity contribution in [2.24, 2.45) is 5.92 Å². The van der Waals surface area contributed by atoms with E-state index in [0.717, 1.165) is 5.92 Å². The van der Waals surface area contributed by atoms with E-state index in [0.29, 0.717) is 10.8 Å². The van der Waals surface area contributed by atoms with Crippen LogP contribution in [-0.4, -0.2) is 0 Å². The SMILES string of the molecule is CCC(C)(c1cc2c(s1)C(C)(C)C2)C(C)C. The van der Waals surface area contributed by atoms with E-state index in [1.165, 1.54) is 12.8 Å². The summed E-state index contributed by atoms with van der Waals surface area (Å²) in [6.07, 6.45) is 2.52. The van der Waals surface area contributed by atoms with Crippen molar-refractivity contribution in [1.82, 2.24) is 0 Å². The molecule has 0 saturated carbocycles. The Morgan fingerprint density at radius 3 is 2.44 bits per heavy atom. The van der Waals surface area contributed by atoms with Crippen LogP contribution in [0.25, 0.3) is 0 Å². The number of thiophene rings is 1. The molecule has 1 unspecified atom stereocenters. The van der Waals surface area contributed by atoms with Crippen molar-refractivity contribution in [3.05, 3.63) is 21.4 Å². The van der Waals surface area contributed by atoms with Crippen molar-refractivity contribution in [2.45, 2.75) is 65.2 Å². The zero-order chi connectivity index (χ0) is 12.1. The topological polar surface area (TPSA) is 0 Å². The Morgan fingerprint density at radius 1 is 1.44 bits per heavy atom. The summed E-state index contributed by atoms with van der Waals surface area (Å²) in [4.78, 5) is 3.25. The molecule has 0 nitrogen and oxygen atoms in total. The highest BCUT2D eigenvalue weighted by molar-refractivity contribution is 7.12. The molecule has 2 rings (SSSR count). The minimum atomic E-state index is 0.373. The molecule has 1 atom stereocenters. The molecule has 0 aromatic carbocycles. The molecule has 0 fully saturated rings. The Kier molecular flexibility index (Phi) is 2.73. The average molecular weight is 236 g/mol. The lowest BCUT2D eigenvalue weighted by Gasteiger charge is -2.34. The number of hydrogen-bond acceptors (Lipinski definition) is 1. The molecule has 1 aromatic rings. The summed E-state index contributed by atoms with van der Waals surface area (Å²) in [7, 11) is 0. The molecule has 0 spiro atoms. The summed E-state index contributed by atoms with van der Waals surface area (Å²) < 4.78 is 0. The van der Waals surface area contributed by atoms with Crippen LogP contribution in [0.4, 0.5) is 0 Å². The van der Waals surface area contributed by atoms with Gasteiger partial charge in [0.05, 0.1) is 0 Å². The number of hydrogen-bond donors (Lipinski definition) is 0. The molecule has 0 saturated heterocycles. The predicted octanol–water partition coefficient (Wildman–Crippen LogP) is 4.91. The van der Waals surface area contributed by atoms with Crippen LogP contribution >= 0.6 is 11.3 Å². The van der Waals surface area contributed by atoms with Crippen molar-refractivity contribution in [1.29, 1.82) is 0 Å². The van der Waals surface area contributed by atoms with E-state index >= 15 is 0 Å². The Labute approximate surface area is 104 Å². The first kappa shape index (κ1) is 12.2. The predicted molar refractivity (Wildman–Crippen MR) is 73.5 cm³/mol. The van der Waals surface area contributed by atoms with Gasteiger partial charge in [-0.1, -0.05) is 41.5 Å². The minimum absolute atomic E-state index is 0.373. The first-order valence-electron chi connectivity index (χ1n) is 6.45. The normalized spacial score (nSPS) is 21.4. The third-order valence-electron chi connectivity index (χ3n) is 4.63. The summed E-state index contributed by atoms with van der Waals surface area (Å²) in [5, 5.41) is 0. The molecular formula is C15H24S. The first-order valence-corrected chi connectivity index (χ1v) is 7.26. The van der Waals surface area contributed by atoms with Gasteiger partial charge >= 0.3 is 0 Å². The molecule has 0 radical (unpaired) electrons. The first-order chi connectivity index (χ1) is 7.31. The summed E-state index contributed by atoms with van der Waals surface area (Å²) in [5.41, 5.74) is 2.44. The Balaban J connectivity index is 2.39. The lowest BCUT2D eigenvalue weighted by atomic mass is 9.71. The van der Waals surface area contributed by atoms with Crippen LogP contribution in [0.5, 0.6) is 0 Å². The highest BCUT2D eigenvalue weighted by Crippen LogP contribution is 2.50. The fourth-order valence-electron chi connectivity index (χ4n) is 2.73. The maximum absolute atomic E-state index is 2.48. The summed E-state index contributed by atoms with van der Waals surface area (Å²) >= 11 is 2.07. The van der Waals surface area contributed by atoms with E-state index in [-0.39, 0.29) is 0 Å². The van der Waals surface area contributed by atoms with Crippen LogP contribution in [0.3, 0.4) is 0 Å². The molecule has 0 amide bonds. The van der Waals surface area contributed by atoms with Gasteiger partial charge in [0.1, 0.15) is 0 Å². The second-order valence-corrected chi connectivity index (χ2v) is 7.50. The largest absolute Gasteiger partial charge is 0.144 e. The molecule has 1 aliphatic carbocycles. The standard InChI is InChI=1S/C15H24S/c1-7-15(6,10(2)3)12-8-11-9-14(4,5)13(11)16-12/h8,10H,7,9H2,1-6H3. The summed E-state index contributed by atoms with van der Waals surface area (Å²) in [5.74, 6) is 0.720. The van der Waals surface area contributed by atoms with E-state index in [1.54, 1.807) is 15.3 Å². The van der Waals surface area contributed by atoms with Crippen molar-refractivity contribution < 1.29 is 0 Å². The van der Waals surface area contributed by atoms with Gasteiger partial charge in [-0.25, -0.2) is 0 Å². The lowest BCUT2D eigenvalue weighted by Crippen LogP contribution is -2.29. The van der Waals surface area contributed by atoms with Crippen LogP contribution in [0, 0.1) is 5.92 Å². The third kappa shape index (κ3) is 1.55. The van der Waals surface area contributed by atoms with Gasteiger partial charge in [0, 0.05) is 20.6 Å². The lowest BCUT2D eigenvalue weighted by molar-refractivity contribution is 0.332. The highest BCUT2D eigenvalue weighted by Gasteiger charge is 2.40. The van der Waals surface area contributed by atoms with Gasteiger partial charge in [0.2, 0.25) is 0 Å². The van der Waals surface area contributed by atoms with Crippen molar-refractivity contribution in [2.75, 3.05) is 0 Å². The van der Waals surface area contributed by atoms with E-state index in [1.807, 2.05) is 0 Å². The highest BCUT2D eigenvalue weighted by atomic mass is 32.1. The Hall–Kier alpha value is -0.300. The van der Waals surface area contributed by atoms with Gasteiger partial charge in [-0.15, -0.1) is 11.3 Å². The maximum Gasteiger partial charge on any atom is 0.0140 e. The molecular weight excluding hydrogens is 212 g/mol. The van der Waals surface area contributed by atoms with Crippen LogP contribution in [-0.2, 0) is 17.3 Å². The fourth-order valence-corrected chi connectivity index (χ4v) is 4.38. The molecule has 1 heterocycles. The summed E-state index contributed by atoms with van der Waals surface area (Å²) in [6, 6.07) is 2.48. The molecule has 0 N–H and O–H groups in total. The van der Waals surface area contributed by atoms with Crippen LogP contribution in [0.1, 0.15) is 63.3 Å². The second-order valence-electron chi connectivity index (χ2n) is 6.45. The Morgan fingerprint density at radius 2 is 2.06 bits per heavy atom. The maximum atomic E-state index is 2.48. The van der Waals surface area contributed by atoms with Crippen LogP contribution < -0.4 is 0 Å². The average Bonchev–Trinajstić information content (AvgIpc) is 2.56. The molecule has 16 heavy (non-hydrogen) atoms. The fraction of sp³-hybridized carbons (Fsp3) is 0.733. The van der Waals surface area contributed by atoms with Crippen LogP contribution in [0.15, 0.2) is 6.07 Å². The van der Waals surface area contributed by atoms with Crippen LogP contribution in [0.2, 0.25) is 0 Å². The minimum Gasteiger partial charge on any atom is -0.144 e. The van der Waals surface area contributed by atoms with Gasteiger partial charge in [-0.2, -0.15) is 0 Å². The van der Waals surface area contributed by atoms with Crippen molar-refractivity contribution in [3.63, 3.8) is 0 Å². The zero-order valence-electron chi connectivity index (χ0n) is 11.5. The van der Waals surface area contributed by atoms with Crippen molar-refractivity contribution in [3.8, 4) is 0 Å². The molecule has 1 aromatic heterocycles. The van der Waals surface area contributed by atoms with Gasteiger partial charge in [-0.3, -0.25) is 0 Å². The molecule has 1 heteroatoms. The monoisotopic (exact) mass is 236 g/mol.